The zero-order valence-corrected chi connectivity index (χ0v) is 13.4. The SMILES string of the molecule is O=C(NCc1ccc(Cl)cc1)c1c[nH]c2c(Cl)cccc2c1=O. The van der Waals surface area contributed by atoms with Crippen molar-refractivity contribution in [1.82, 2.24) is 10.3 Å². The number of aromatic nitrogens is 1. The van der Waals surface area contributed by atoms with Crippen LogP contribution in [0.5, 0.6) is 0 Å². The molecule has 0 spiro atoms. The summed E-state index contributed by atoms with van der Waals surface area (Å²) in [6.07, 6.45) is 1.38. The van der Waals surface area contributed by atoms with Gasteiger partial charge in [-0.2, -0.15) is 0 Å². The maximum Gasteiger partial charge on any atom is 0.257 e. The standard InChI is InChI=1S/C17H12Cl2N2O2/c18-11-6-4-10(5-7-11)8-21-17(23)13-9-20-15-12(16(13)22)2-1-3-14(15)19/h1-7,9H,8H2,(H,20,22)(H,21,23). The van der Waals surface area contributed by atoms with Gasteiger partial charge in [0.25, 0.3) is 5.91 Å². The summed E-state index contributed by atoms with van der Waals surface area (Å²) < 4.78 is 0. The van der Waals surface area contributed by atoms with Crippen LogP contribution in [-0.4, -0.2) is 10.9 Å². The van der Waals surface area contributed by atoms with Gasteiger partial charge in [0.15, 0.2) is 0 Å². The van der Waals surface area contributed by atoms with Crippen molar-refractivity contribution in [3.05, 3.63) is 80.1 Å². The normalized spacial score (nSPS) is 10.7. The molecule has 3 rings (SSSR count). The lowest BCUT2D eigenvalue weighted by atomic mass is 10.1. The average Bonchev–Trinajstić information content (AvgIpc) is 2.55. The van der Waals surface area contributed by atoms with E-state index in [0.717, 1.165) is 5.56 Å². The molecule has 0 aliphatic heterocycles. The Kier molecular flexibility index (Phi) is 4.37. The van der Waals surface area contributed by atoms with Gasteiger partial charge in [-0.25, -0.2) is 0 Å². The number of carbonyl (C=O) groups is 1. The molecule has 116 valence electrons. The van der Waals surface area contributed by atoms with Crippen LogP contribution in [0.1, 0.15) is 15.9 Å². The second kappa shape index (κ2) is 6.44. The van der Waals surface area contributed by atoms with E-state index in [1.54, 1.807) is 30.3 Å². The number of fused-ring (bicyclic) bond motifs is 1. The first-order valence-corrected chi connectivity index (χ1v) is 7.64. The maximum atomic E-state index is 12.4. The summed E-state index contributed by atoms with van der Waals surface area (Å²) >= 11 is 11.8. The largest absolute Gasteiger partial charge is 0.359 e. The van der Waals surface area contributed by atoms with Gasteiger partial charge in [0, 0.05) is 23.2 Å². The van der Waals surface area contributed by atoms with E-state index in [0.29, 0.717) is 27.5 Å². The van der Waals surface area contributed by atoms with Crippen LogP contribution in [0.2, 0.25) is 10.0 Å². The molecule has 0 saturated heterocycles. The highest BCUT2D eigenvalue weighted by Gasteiger charge is 2.13. The molecule has 1 amide bonds. The Labute approximate surface area is 142 Å². The number of benzene rings is 2. The predicted molar refractivity (Wildman–Crippen MR) is 92.2 cm³/mol. The van der Waals surface area contributed by atoms with Gasteiger partial charge in [-0.15, -0.1) is 0 Å². The van der Waals surface area contributed by atoms with Crippen LogP contribution in [0.25, 0.3) is 10.9 Å². The Morgan fingerprint density at radius 2 is 1.83 bits per heavy atom. The third-order valence-electron chi connectivity index (χ3n) is 3.47. The lowest BCUT2D eigenvalue weighted by Crippen LogP contribution is -2.28. The van der Waals surface area contributed by atoms with E-state index in [9.17, 15) is 9.59 Å². The molecule has 0 radical (unpaired) electrons. The molecule has 0 fully saturated rings. The lowest BCUT2D eigenvalue weighted by Gasteiger charge is -2.07. The molecule has 1 aromatic heterocycles. The van der Waals surface area contributed by atoms with Crippen LogP contribution in [0, 0.1) is 0 Å². The third-order valence-corrected chi connectivity index (χ3v) is 4.04. The number of hydrogen-bond donors (Lipinski definition) is 2. The number of hydrogen-bond acceptors (Lipinski definition) is 2. The summed E-state index contributed by atoms with van der Waals surface area (Å²) in [5.41, 5.74) is 1.11. The van der Waals surface area contributed by atoms with Crippen molar-refractivity contribution in [2.75, 3.05) is 0 Å². The Balaban J connectivity index is 1.85. The molecule has 23 heavy (non-hydrogen) atoms. The molecular weight excluding hydrogens is 335 g/mol. The van der Waals surface area contributed by atoms with Gasteiger partial charge in [0.05, 0.1) is 10.5 Å². The van der Waals surface area contributed by atoms with Gasteiger partial charge in [-0.05, 0) is 29.8 Å². The summed E-state index contributed by atoms with van der Waals surface area (Å²) in [6, 6.07) is 12.1. The summed E-state index contributed by atoms with van der Waals surface area (Å²) in [7, 11) is 0. The summed E-state index contributed by atoms with van der Waals surface area (Å²) in [5.74, 6) is -0.442. The van der Waals surface area contributed by atoms with Crippen molar-refractivity contribution in [3.63, 3.8) is 0 Å². The van der Waals surface area contributed by atoms with Crippen molar-refractivity contribution < 1.29 is 4.79 Å². The second-order valence-electron chi connectivity index (χ2n) is 5.00. The number of para-hydroxylation sites is 1. The minimum absolute atomic E-state index is 0.0498. The predicted octanol–water partition coefficient (Wildman–Crippen LogP) is 3.76. The quantitative estimate of drug-likeness (QED) is 0.758. The monoisotopic (exact) mass is 346 g/mol. The van der Waals surface area contributed by atoms with E-state index in [1.807, 2.05) is 12.1 Å². The highest BCUT2D eigenvalue weighted by atomic mass is 35.5. The van der Waals surface area contributed by atoms with Crippen molar-refractivity contribution >= 4 is 40.0 Å². The Bertz CT molecular complexity index is 933. The first-order chi connectivity index (χ1) is 11.1. The molecule has 0 atom stereocenters. The topological polar surface area (TPSA) is 62.0 Å². The van der Waals surface area contributed by atoms with E-state index in [4.69, 9.17) is 23.2 Å². The lowest BCUT2D eigenvalue weighted by molar-refractivity contribution is 0.0949. The van der Waals surface area contributed by atoms with Gasteiger partial charge in [-0.1, -0.05) is 41.4 Å². The number of H-pyrrole nitrogens is 1. The first kappa shape index (κ1) is 15.6. The Hall–Kier alpha value is -2.30. The molecule has 0 bridgehead atoms. The number of halogens is 2. The molecule has 0 aliphatic rings. The summed E-state index contributed by atoms with van der Waals surface area (Å²) in [5, 5.41) is 4.17. The van der Waals surface area contributed by atoms with Crippen LogP contribution in [0.15, 0.2) is 53.5 Å². The fourth-order valence-corrected chi connectivity index (χ4v) is 2.62. The number of carbonyl (C=O) groups excluding carboxylic acids is 1. The zero-order chi connectivity index (χ0) is 16.4. The Morgan fingerprint density at radius 1 is 1.09 bits per heavy atom. The minimum atomic E-state index is -0.442. The van der Waals surface area contributed by atoms with Gasteiger partial charge >= 0.3 is 0 Å². The fourth-order valence-electron chi connectivity index (χ4n) is 2.26. The van der Waals surface area contributed by atoms with E-state index >= 15 is 0 Å². The number of nitrogens with one attached hydrogen (secondary N) is 2. The molecule has 3 aromatic rings. The van der Waals surface area contributed by atoms with E-state index < -0.39 is 5.91 Å². The molecule has 0 saturated carbocycles. The van der Waals surface area contributed by atoms with Crippen LogP contribution in [0.3, 0.4) is 0 Å². The van der Waals surface area contributed by atoms with Crippen LogP contribution < -0.4 is 10.7 Å². The molecule has 2 N–H and O–H groups in total. The van der Waals surface area contributed by atoms with Crippen molar-refractivity contribution in [3.8, 4) is 0 Å². The third kappa shape index (κ3) is 3.23. The summed E-state index contributed by atoms with van der Waals surface area (Å²) in [4.78, 5) is 27.6. The highest BCUT2D eigenvalue weighted by Crippen LogP contribution is 2.18. The molecular formula is C17H12Cl2N2O2. The fraction of sp³-hybridized carbons (Fsp3) is 0.0588. The smallest absolute Gasteiger partial charge is 0.257 e. The van der Waals surface area contributed by atoms with Gasteiger partial charge in [0.1, 0.15) is 5.56 Å². The number of amides is 1. The van der Waals surface area contributed by atoms with Gasteiger partial charge < -0.3 is 10.3 Å². The van der Waals surface area contributed by atoms with Crippen molar-refractivity contribution in [2.24, 2.45) is 0 Å². The minimum Gasteiger partial charge on any atom is -0.359 e. The molecule has 0 aliphatic carbocycles. The van der Waals surface area contributed by atoms with E-state index in [1.165, 1.54) is 6.20 Å². The number of pyridine rings is 1. The van der Waals surface area contributed by atoms with E-state index in [2.05, 4.69) is 10.3 Å². The average molecular weight is 347 g/mol. The van der Waals surface area contributed by atoms with Crippen molar-refractivity contribution in [2.45, 2.75) is 6.54 Å². The van der Waals surface area contributed by atoms with Gasteiger partial charge in [-0.3, -0.25) is 9.59 Å². The first-order valence-electron chi connectivity index (χ1n) is 6.89. The number of aromatic amines is 1. The summed E-state index contributed by atoms with van der Waals surface area (Å²) in [6.45, 7) is 0.309. The number of rotatable bonds is 3. The van der Waals surface area contributed by atoms with Crippen LogP contribution >= 0.6 is 23.2 Å². The maximum absolute atomic E-state index is 12.4. The molecule has 1 heterocycles. The van der Waals surface area contributed by atoms with Crippen LogP contribution in [-0.2, 0) is 6.54 Å². The molecule has 4 nitrogen and oxygen atoms in total. The highest BCUT2D eigenvalue weighted by molar-refractivity contribution is 6.35. The molecule has 6 heteroatoms. The van der Waals surface area contributed by atoms with E-state index in [-0.39, 0.29) is 11.0 Å². The second-order valence-corrected chi connectivity index (χ2v) is 5.85. The van der Waals surface area contributed by atoms with Gasteiger partial charge in [0.2, 0.25) is 5.43 Å². The zero-order valence-electron chi connectivity index (χ0n) is 11.9. The molecule has 0 unspecified atom stereocenters. The Morgan fingerprint density at radius 3 is 2.57 bits per heavy atom. The molecule has 2 aromatic carbocycles. The van der Waals surface area contributed by atoms with Crippen LogP contribution in [0.4, 0.5) is 0 Å². The van der Waals surface area contributed by atoms with Crippen molar-refractivity contribution in [1.29, 1.82) is 0 Å².